The lowest BCUT2D eigenvalue weighted by Gasteiger charge is -2.32. The molecule has 1 aliphatic heterocycles. The number of amides is 2. The molecule has 0 bridgehead atoms. The van der Waals surface area contributed by atoms with Crippen LogP contribution in [0.1, 0.15) is 25.3 Å². The van der Waals surface area contributed by atoms with Crippen molar-refractivity contribution >= 4 is 29.2 Å². The summed E-state index contributed by atoms with van der Waals surface area (Å²) in [6.45, 7) is 9.28. The second-order valence-electron chi connectivity index (χ2n) is 6.07. The van der Waals surface area contributed by atoms with Crippen molar-refractivity contribution in [3.63, 3.8) is 0 Å². The number of piperidine rings is 1. The quantitative estimate of drug-likeness (QED) is 0.788. The lowest BCUT2D eigenvalue weighted by atomic mass is 10.0. The zero-order chi connectivity index (χ0) is 16.8. The summed E-state index contributed by atoms with van der Waals surface area (Å²) < 4.78 is 0. The Morgan fingerprint density at radius 1 is 1.35 bits per heavy atom. The highest BCUT2D eigenvalue weighted by Gasteiger charge is 2.20. The number of hydrogen-bond acceptors (Lipinski definition) is 2. The fourth-order valence-corrected chi connectivity index (χ4v) is 3.17. The number of urea groups is 1. The van der Waals surface area contributed by atoms with Crippen molar-refractivity contribution in [3.8, 4) is 0 Å². The molecule has 0 saturated carbocycles. The molecule has 1 heterocycles. The lowest BCUT2D eigenvalue weighted by Crippen LogP contribution is -2.47. The van der Waals surface area contributed by atoms with E-state index in [1.807, 2.05) is 13.0 Å². The van der Waals surface area contributed by atoms with Gasteiger partial charge in [-0.15, -0.1) is 0 Å². The first kappa shape index (κ1) is 18.1. The summed E-state index contributed by atoms with van der Waals surface area (Å²) >= 11 is 12.0. The molecule has 1 saturated heterocycles. The third-order valence-corrected chi connectivity index (χ3v) is 4.46. The molecule has 4 nitrogen and oxygen atoms in total. The van der Waals surface area contributed by atoms with Crippen molar-refractivity contribution in [2.75, 3.05) is 19.6 Å². The summed E-state index contributed by atoms with van der Waals surface area (Å²) in [5, 5.41) is 7.02. The molecule has 6 heteroatoms. The number of nitrogens with one attached hydrogen (secondary N) is 2. The molecular formula is C17H23Cl2N3O. The van der Waals surface area contributed by atoms with Gasteiger partial charge in [0.2, 0.25) is 0 Å². The minimum absolute atomic E-state index is 0.158. The summed E-state index contributed by atoms with van der Waals surface area (Å²) in [6, 6.07) is 5.32. The van der Waals surface area contributed by atoms with Crippen LogP contribution in [0.2, 0.25) is 10.0 Å². The van der Waals surface area contributed by atoms with E-state index in [4.69, 9.17) is 23.2 Å². The Bertz CT molecular complexity index is 569. The summed E-state index contributed by atoms with van der Waals surface area (Å²) in [5.41, 5.74) is 2.02. The predicted molar refractivity (Wildman–Crippen MR) is 96.1 cm³/mol. The van der Waals surface area contributed by atoms with Crippen LogP contribution in [0, 0.1) is 0 Å². The number of nitrogens with zero attached hydrogens (tertiary/aromatic N) is 1. The van der Waals surface area contributed by atoms with Crippen LogP contribution in [-0.4, -0.2) is 36.6 Å². The van der Waals surface area contributed by atoms with Crippen molar-refractivity contribution in [1.29, 1.82) is 0 Å². The Labute approximate surface area is 147 Å². The van der Waals surface area contributed by atoms with E-state index >= 15 is 0 Å². The number of halogens is 2. The van der Waals surface area contributed by atoms with Crippen molar-refractivity contribution in [2.45, 2.75) is 32.4 Å². The molecule has 1 fully saturated rings. The molecule has 0 unspecified atom stereocenters. The first-order chi connectivity index (χ1) is 10.9. The summed E-state index contributed by atoms with van der Waals surface area (Å²) in [4.78, 5) is 14.4. The number of rotatable bonds is 5. The van der Waals surface area contributed by atoms with E-state index in [-0.39, 0.29) is 12.1 Å². The average molecular weight is 356 g/mol. The lowest BCUT2D eigenvalue weighted by molar-refractivity contribution is 0.201. The molecular weight excluding hydrogens is 333 g/mol. The van der Waals surface area contributed by atoms with Gasteiger partial charge in [0.05, 0.1) is 0 Å². The number of benzene rings is 1. The van der Waals surface area contributed by atoms with Crippen LogP contribution in [0.25, 0.3) is 0 Å². The third-order valence-electron chi connectivity index (χ3n) is 3.87. The van der Waals surface area contributed by atoms with E-state index in [2.05, 4.69) is 22.1 Å². The molecule has 1 aliphatic rings. The summed E-state index contributed by atoms with van der Waals surface area (Å²) in [7, 11) is 0. The highest BCUT2D eigenvalue weighted by Crippen LogP contribution is 2.20. The maximum absolute atomic E-state index is 12.0. The second kappa shape index (κ2) is 8.57. The molecule has 0 atom stereocenters. The van der Waals surface area contributed by atoms with Gasteiger partial charge in [-0.25, -0.2) is 4.79 Å². The Morgan fingerprint density at radius 2 is 2.04 bits per heavy atom. The topological polar surface area (TPSA) is 44.4 Å². The van der Waals surface area contributed by atoms with Gasteiger partial charge in [0.15, 0.2) is 0 Å². The monoisotopic (exact) mass is 355 g/mol. The predicted octanol–water partition coefficient (Wildman–Crippen LogP) is 3.83. The van der Waals surface area contributed by atoms with E-state index in [0.29, 0.717) is 16.6 Å². The maximum Gasteiger partial charge on any atom is 0.315 e. The van der Waals surface area contributed by atoms with Gasteiger partial charge < -0.3 is 10.6 Å². The van der Waals surface area contributed by atoms with E-state index in [0.717, 1.165) is 38.0 Å². The molecule has 0 spiro atoms. The number of hydrogen-bond donors (Lipinski definition) is 2. The number of carbonyl (C=O) groups is 1. The average Bonchev–Trinajstić information content (AvgIpc) is 2.48. The van der Waals surface area contributed by atoms with Crippen molar-refractivity contribution in [3.05, 3.63) is 46.0 Å². The Morgan fingerprint density at radius 3 is 2.65 bits per heavy atom. The minimum Gasteiger partial charge on any atom is -0.335 e. The van der Waals surface area contributed by atoms with E-state index in [1.54, 1.807) is 12.1 Å². The standard InChI is InChI=1S/C17H23Cl2N3O/c1-12(2)11-22-7-5-15(6-8-22)21-17(23)20-10-13-3-4-14(18)9-16(13)19/h3-4,9,15H,1,5-8,10-11H2,2H3,(H2,20,21,23). The van der Waals surface area contributed by atoms with Gasteiger partial charge in [0, 0.05) is 42.3 Å². The van der Waals surface area contributed by atoms with Crippen molar-refractivity contribution in [1.82, 2.24) is 15.5 Å². The van der Waals surface area contributed by atoms with Gasteiger partial charge in [0.1, 0.15) is 0 Å². The van der Waals surface area contributed by atoms with Gasteiger partial charge in [-0.1, -0.05) is 41.4 Å². The van der Waals surface area contributed by atoms with E-state index < -0.39 is 0 Å². The molecule has 1 aromatic rings. The first-order valence-electron chi connectivity index (χ1n) is 7.79. The molecule has 23 heavy (non-hydrogen) atoms. The first-order valence-corrected chi connectivity index (χ1v) is 8.54. The molecule has 2 amide bonds. The minimum atomic E-state index is -0.158. The maximum atomic E-state index is 12.0. The van der Waals surface area contributed by atoms with Gasteiger partial charge in [0.25, 0.3) is 0 Å². The largest absolute Gasteiger partial charge is 0.335 e. The number of carbonyl (C=O) groups excluding carboxylic acids is 1. The van der Waals surface area contributed by atoms with Gasteiger partial charge in [-0.2, -0.15) is 0 Å². The third kappa shape index (κ3) is 6.05. The van der Waals surface area contributed by atoms with Gasteiger partial charge >= 0.3 is 6.03 Å². The second-order valence-corrected chi connectivity index (χ2v) is 6.91. The number of likely N-dealkylation sites (tertiary alicyclic amines) is 1. The van der Waals surface area contributed by atoms with Crippen LogP contribution in [0.5, 0.6) is 0 Å². The normalized spacial score (nSPS) is 16.1. The zero-order valence-corrected chi connectivity index (χ0v) is 14.9. The van der Waals surface area contributed by atoms with Gasteiger partial charge in [-0.3, -0.25) is 4.90 Å². The smallest absolute Gasteiger partial charge is 0.315 e. The summed E-state index contributed by atoms with van der Waals surface area (Å²) in [6.07, 6.45) is 1.92. The van der Waals surface area contributed by atoms with Crippen molar-refractivity contribution in [2.24, 2.45) is 0 Å². The van der Waals surface area contributed by atoms with E-state index in [9.17, 15) is 4.79 Å². The highest BCUT2D eigenvalue weighted by atomic mass is 35.5. The summed E-state index contributed by atoms with van der Waals surface area (Å²) in [5.74, 6) is 0. The molecule has 1 aromatic carbocycles. The van der Waals surface area contributed by atoms with Crippen LogP contribution in [0.4, 0.5) is 4.79 Å². The fourth-order valence-electron chi connectivity index (χ4n) is 2.69. The Hall–Kier alpha value is -1.23. The molecule has 0 radical (unpaired) electrons. The van der Waals surface area contributed by atoms with E-state index in [1.165, 1.54) is 5.57 Å². The Balaban J connectivity index is 1.72. The molecule has 0 aliphatic carbocycles. The highest BCUT2D eigenvalue weighted by molar-refractivity contribution is 6.35. The van der Waals surface area contributed by atoms with Crippen LogP contribution >= 0.6 is 23.2 Å². The molecule has 0 aromatic heterocycles. The fraction of sp³-hybridized carbons (Fsp3) is 0.471. The van der Waals surface area contributed by atoms with Crippen LogP contribution < -0.4 is 10.6 Å². The molecule has 2 rings (SSSR count). The zero-order valence-electron chi connectivity index (χ0n) is 13.4. The molecule has 2 N–H and O–H groups in total. The van der Waals surface area contributed by atoms with Crippen LogP contribution in [0.15, 0.2) is 30.4 Å². The molecule has 126 valence electrons. The van der Waals surface area contributed by atoms with Gasteiger partial charge in [-0.05, 0) is 37.5 Å². The SMILES string of the molecule is C=C(C)CN1CCC(NC(=O)NCc2ccc(Cl)cc2Cl)CC1. The van der Waals surface area contributed by atoms with Crippen LogP contribution in [0.3, 0.4) is 0 Å². The van der Waals surface area contributed by atoms with Crippen molar-refractivity contribution < 1.29 is 4.79 Å². The Kier molecular flexibility index (Phi) is 6.75. The van der Waals surface area contributed by atoms with Crippen LogP contribution in [-0.2, 0) is 6.54 Å².